The van der Waals surface area contributed by atoms with E-state index in [1.165, 1.54) is 0 Å². The highest BCUT2D eigenvalue weighted by atomic mass is 79.9. The average Bonchev–Trinajstić information content (AvgIpc) is 2.45. The van der Waals surface area contributed by atoms with Crippen molar-refractivity contribution in [2.24, 2.45) is 0 Å². The lowest BCUT2D eigenvalue weighted by Gasteiger charge is -2.08. The molecule has 0 radical (unpaired) electrons. The van der Waals surface area contributed by atoms with Gasteiger partial charge in [-0.1, -0.05) is 30.3 Å². The second kappa shape index (κ2) is 4.97. The summed E-state index contributed by atoms with van der Waals surface area (Å²) in [4.78, 5) is 0. The maximum atomic E-state index is 5.75. The van der Waals surface area contributed by atoms with Gasteiger partial charge in [0, 0.05) is 6.07 Å². The zero-order valence-corrected chi connectivity index (χ0v) is 11.9. The van der Waals surface area contributed by atoms with Crippen molar-refractivity contribution in [2.45, 2.75) is 6.92 Å². The lowest BCUT2D eigenvalue weighted by molar-refractivity contribution is 0.452. The van der Waals surface area contributed by atoms with E-state index < -0.39 is 0 Å². The van der Waals surface area contributed by atoms with Crippen LogP contribution in [-0.4, -0.2) is 10.2 Å². The normalized spacial score (nSPS) is 10.6. The van der Waals surface area contributed by atoms with Gasteiger partial charge in [0.1, 0.15) is 5.75 Å². The predicted octanol–water partition coefficient (Wildman–Crippen LogP) is 4.49. The molecule has 3 aromatic rings. The first-order valence-electron chi connectivity index (χ1n) is 5.89. The third kappa shape index (κ3) is 2.44. The number of hydrogen-bond donors (Lipinski definition) is 0. The van der Waals surface area contributed by atoms with Crippen molar-refractivity contribution in [3.05, 3.63) is 58.7 Å². The largest absolute Gasteiger partial charge is 0.436 e. The van der Waals surface area contributed by atoms with Crippen molar-refractivity contribution in [2.75, 3.05) is 0 Å². The average molecular weight is 315 g/mol. The van der Waals surface area contributed by atoms with Crippen LogP contribution in [-0.2, 0) is 0 Å². The van der Waals surface area contributed by atoms with E-state index in [0.29, 0.717) is 5.88 Å². The van der Waals surface area contributed by atoms with Crippen molar-refractivity contribution >= 4 is 26.7 Å². The molecule has 0 atom stereocenters. The first-order valence-corrected chi connectivity index (χ1v) is 6.69. The highest BCUT2D eigenvalue weighted by molar-refractivity contribution is 9.10. The Bertz CT molecular complexity index is 726. The third-order valence-corrected chi connectivity index (χ3v) is 3.63. The van der Waals surface area contributed by atoms with Crippen LogP contribution in [0.5, 0.6) is 11.6 Å². The minimum absolute atomic E-state index is 0.488. The van der Waals surface area contributed by atoms with Gasteiger partial charge in [0.2, 0.25) is 5.88 Å². The summed E-state index contributed by atoms with van der Waals surface area (Å²) in [5.74, 6) is 1.22. The van der Waals surface area contributed by atoms with Crippen LogP contribution in [0, 0.1) is 6.92 Å². The SMILES string of the molecule is Cc1ccc(Oc2ccc3ccccc3c2Br)nn1. The second-order valence-electron chi connectivity index (χ2n) is 4.21. The van der Waals surface area contributed by atoms with Gasteiger partial charge in [0.25, 0.3) is 0 Å². The Morgan fingerprint density at radius 3 is 2.58 bits per heavy atom. The molecule has 4 heteroatoms. The van der Waals surface area contributed by atoms with Gasteiger partial charge in [-0.25, -0.2) is 0 Å². The number of rotatable bonds is 2. The first kappa shape index (κ1) is 12.1. The second-order valence-corrected chi connectivity index (χ2v) is 5.01. The van der Waals surface area contributed by atoms with Crippen LogP contribution in [0.1, 0.15) is 5.69 Å². The molecule has 0 spiro atoms. The van der Waals surface area contributed by atoms with E-state index in [1.54, 1.807) is 0 Å². The Balaban J connectivity index is 2.01. The van der Waals surface area contributed by atoms with Crippen molar-refractivity contribution in [3.63, 3.8) is 0 Å². The van der Waals surface area contributed by atoms with Gasteiger partial charge in [-0.3, -0.25) is 0 Å². The van der Waals surface area contributed by atoms with Gasteiger partial charge in [-0.2, -0.15) is 5.10 Å². The molecule has 0 aliphatic carbocycles. The summed E-state index contributed by atoms with van der Waals surface area (Å²) >= 11 is 3.58. The number of ether oxygens (including phenoxy) is 1. The summed E-state index contributed by atoms with van der Waals surface area (Å²) in [6.45, 7) is 1.89. The van der Waals surface area contributed by atoms with Crippen LogP contribution < -0.4 is 4.74 Å². The molecule has 0 bridgehead atoms. The van der Waals surface area contributed by atoms with Crippen LogP contribution >= 0.6 is 15.9 Å². The zero-order chi connectivity index (χ0) is 13.2. The maximum Gasteiger partial charge on any atom is 0.238 e. The van der Waals surface area contributed by atoms with Gasteiger partial charge in [-0.05, 0) is 45.8 Å². The topological polar surface area (TPSA) is 35.0 Å². The lowest BCUT2D eigenvalue weighted by atomic mass is 10.1. The first-order chi connectivity index (χ1) is 9.24. The standard InChI is InChI=1S/C15H11BrN2O/c1-10-6-9-14(18-17-10)19-13-8-7-11-4-2-3-5-12(11)15(13)16/h2-9H,1H3. The Labute approximate surface area is 119 Å². The smallest absolute Gasteiger partial charge is 0.238 e. The van der Waals surface area contributed by atoms with Gasteiger partial charge in [0.15, 0.2) is 0 Å². The van der Waals surface area contributed by atoms with E-state index in [4.69, 9.17) is 4.74 Å². The highest BCUT2D eigenvalue weighted by Crippen LogP contribution is 2.35. The predicted molar refractivity (Wildman–Crippen MR) is 78.5 cm³/mol. The van der Waals surface area contributed by atoms with Gasteiger partial charge in [-0.15, -0.1) is 5.10 Å². The highest BCUT2D eigenvalue weighted by Gasteiger charge is 2.07. The number of halogens is 1. The van der Waals surface area contributed by atoms with Crippen molar-refractivity contribution in [3.8, 4) is 11.6 Å². The van der Waals surface area contributed by atoms with Crippen LogP contribution in [0.2, 0.25) is 0 Å². The molecule has 94 valence electrons. The molecule has 0 amide bonds. The van der Waals surface area contributed by atoms with E-state index >= 15 is 0 Å². The molecule has 0 saturated heterocycles. The summed E-state index contributed by atoms with van der Waals surface area (Å²) in [5, 5.41) is 10.3. The fourth-order valence-corrected chi connectivity index (χ4v) is 2.42. The molecule has 0 fully saturated rings. The maximum absolute atomic E-state index is 5.75. The molecular weight excluding hydrogens is 304 g/mol. The molecule has 19 heavy (non-hydrogen) atoms. The molecule has 1 heterocycles. The molecule has 0 N–H and O–H groups in total. The van der Waals surface area contributed by atoms with Gasteiger partial charge < -0.3 is 4.74 Å². The minimum Gasteiger partial charge on any atom is -0.436 e. The minimum atomic E-state index is 0.488. The van der Waals surface area contributed by atoms with E-state index in [2.05, 4.69) is 32.2 Å². The molecule has 0 unspecified atom stereocenters. The molecule has 2 aromatic carbocycles. The van der Waals surface area contributed by atoms with Gasteiger partial charge in [0.05, 0.1) is 10.2 Å². The van der Waals surface area contributed by atoms with E-state index in [9.17, 15) is 0 Å². The summed E-state index contributed by atoms with van der Waals surface area (Å²) in [6.07, 6.45) is 0. The fraction of sp³-hybridized carbons (Fsp3) is 0.0667. The number of aromatic nitrogens is 2. The summed E-state index contributed by atoms with van der Waals surface area (Å²) < 4.78 is 6.68. The molecule has 1 aromatic heterocycles. The molecule has 0 aliphatic rings. The number of fused-ring (bicyclic) bond motifs is 1. The summed E-state index contributed by atoms with van der Waals surface area (Å²) in [5.41, 5.74) is 0.866. The summed E-state index contributed by atoms with van der Waals surface area (Å²) in [7, 11) is 0. The third-order valence-electron chi connectivity index (χ3n) is 2.82. The van der Waals surface area contributed by atoms with Crippen LogP contribution in [0.15, 0.2) is 53.0 Å². The molecule has 0 aliphatic heterocycles. The van der Waals surface area contributed by atoms with Crippen molar-refractivity contribution < 1.29 is 4.74 Å². The number of benzene rings is 2. The quantitative estimate of drug-likeness (QED) is 0.699. The number of nitrogens with zero attached hydrogens (tertiary/aromatic N) is 2. The summed E-state index contributed by atoms with van der Waals surface area (Å²) in [6, 6.07) is 15.8. The Hall–Kier alpha value is -1.94. The molecular formula is C15H11BrN2O. The van der Waals surface area contributed by atoms with Gasteiger partial charge >= 0.3 is 0 Å². The monoisotopic (exact) mass is 314 g/mol. The Morgan fingerprint density at radius 1 is 0.947 bits per heavy atom. The van der Waals surface area contributed by atoms with E-state index in [1.807, 2.05) is 49.4 Å². The van der Waals surface area contributed by atoms with Crippen LogP contribution in [0.25, 0.3) is 10.8 Å². The number of hydrogen-bond acceptors (Lipinski definition) is 3. The van der Waals surface area contributed by atoms with E-state index in [-0.39, 0.29) is 0 Å². The number of aryl methyl sites for hydroxylation is 1. The van der Waals surface area contributed by atoms with Crippen molar-refractivity contribution in [1.29, 1.82) is 0 Å². The molecule has 3 rings (SSSR count). The van der Waals surface area contributed by atoms with E-state index in [0.717, 1.165) is 26.7 Å². The molecule has 0 saturated carbocycles. The molecule has 3 nitrogen and oxygen atoms in total. The Kier molecular flexibility index (Phi) is 3.17. The van der Waals surface area contributed by atoms with Crippen LogP contribution in [0.3, 0.4) is 0 Å². The van der Waals surface area contributed by atoms with Crippen molar-refractivity contribution in [1.82, 2.24) is 10.2 Å². The van der Waals surface area contributed by atoms with Crippen LogP contribution in [0.4, 0.5) is 0 Å². The zero-order valence-electron chi connectivity index (χ0n) is 10.3. The Morgan fingerprint density at radius 2 is 1.79 bits per heavy atom. The fourth-order valence-electron chi connectivity index (χ4n) is 1.85. The lowest BCUT2D eigenvalue weighted by Crippen LogP contribution is -1.92.